The highest BCUT2D eigenvalue weighted by molar-refractivity contribution is 7.99. The minimum atomic E-state index is 0.178. The van der Waals surface area contributed by atoms with Gasteiger partial charge < -0.3 is 9.80 Å². The van der Waals surface area contributed by atoms with Crippen LogP contribution in [-0.2, 0) is 4.79 Å². The Labute approximate surface area is 111 Å². The van der Waals surface area contributed by atoms with E-state index in [0.29, 0.717) is 6.42 Å². The van der Waals surface area contributed by atoms with Crippen molar-refractivity contribution in [2.24, 2.45) is 0 Å². The number of thioether (sulfide) groups is 1. The van der Waals surface area contributed by atoms with Gasteiger partial charge in [-0.25, -0.2) is 4.98 Å². The lowest BCUT2D eigenvalue weighted by Crippen LogP contribution is -2.26. The first-order valence-corrected chi connectivity index (χ1v) is 7.38. The van der Waals surface area contributed by atoms with Crippen LogP contribution in [0.5, 0.6) is 0 Å². The van der Waals surface area contributed by atoms with Crippen LogP contribution in [-0.4, -0.2) is 36.8 Å². The Balaban J connectivity index is 1.94. The number of carbonyl (C=O) groups excluding carboxylic acids is 1. The molecule has 2 aliphatic heterocycles. The van der Waals surface area contributed by atoms with Crippen LogP contribution in [0.3, 0.4) is 0 Å². The average molecular weight is 263 g/mol. The molecule has 1 saturated heterocycles. The summed E-state index contributed by atoms with van der Waals surface area (Å²) in [4.78, 5) is 21.6. The standard InChI is InChI=1S/C13H17N3OS/c1-15-10-9-14-12(16-5-2-3-6-16)8-11(10)18-7-4-13(15)17/h8-9H,2-7H2,1H3. The lowest BCUT2D eigenvalue weighted by atomic mass is 10.3. The van der Waals surface area contributed by atoms with Gasteiger partial charge in [0, 0.05) is 37.2 Å². The molecule has 1 fully saturated rings. The van der Waals surface area contributed by atoms with E-state index in [-0.39, 0.29) is 5.91 Å². The van der Waals surface area contributed by atoms with E-state index in [2.05, 4.69) is 16.0 Å². The Morgan fingerprint density at radius 2 is 2.11 bits per heavy atom. The van der Waals surface area contributed by atoms with Crippen LogP contribution in [0.15, 0.2) is 17.2 Å². The molecule has 18 heavy (non-hydrogen) atoms. The molecule has 1 aromatic rings. The highest BCUT2D eigenvalue weighted by Crippen LogP contribution is 2.35. The molecule has 4 nitrogen and oxygen atoms in total. The molecule has 0 aromatic carbocycles. The summed E-state index contributed by atoms with van der Waals surface area (Å²) in [5, 5.41) is 0. The molecule has 1 amide bonds. The highest BCUT2D eigenvalue weighted by Gasteiger charge is 2.22. The average Bonchev–Trinajstić information content (AvgIpc) is 2.87. The lowest BCUT2D eigenvalue weighted by Gasteiger charge is -2.20. The Hall–Kier alpha value is -1.23. The fourth-order valence-corrected chi connectivity index (χ4v) is 3.48. The maximum Gasteiger partial charge on any atom is 0.227 e. The Bertz CT molecular complexity index is 471. The van der Waals surface area contributed by atoms with Gasteiger partial charge >= 0.3 is 0 Å². The summed E-state index contributed by atoms with van der Waals surface area (Å²) in [5.74, 6) is 2.10. The summed E-state index contributed by atoms with van der Waals surface area (Å²) in [6, 6.07) is 2.14. The first-order valence-electron chi connectivity index (χ1n) is 6.40. The number of fused-ring (bicyclic) bond motifs is 1. The van der Waals surface area contributed by atoms with Crippen molar-refractivity contribution in [1.29, 1.82) is 0 Å². The third-order valence-corrected chi connectivity index (χ3v) is 4.62. The number of hydrogen-bond acceptors (Lipinski definition) is 4. The maximum absolute atomic E-state index is 11.8. The molecule has 0 aliphatic carbocycles. The van der Waals surface area contributed by atoms with E-state index in [1.807, 2.05) is 13.2 Å². The largest absolute Gasteiger partial charge is 0.357 e. The second-order valence-electron chi connectivity index (χ2n) is 4.76. The minimum absolute atomic E-state index is 0.178. The number of carbonyl (C=O) groups is 1. The molecule has 5 heteroatoms. The summed E-state index contributed by atoms with van der Waals surface area (Å²) in [5.41, 5.74) is 0.949. The molecular formula is C13H17N3OS. The predicted octanol–water partition coefficient (Wildman–Crippen LogP) is 2.14. The van der Waals surface area contributed by atoms with Crippen molar-refractivity contribution in [3.8, 4) is 0 Å². The summed E-state index contributed by atoms with van der Waals surface area (Å²) in [6.45, 7) is 2.20. The van der Waals surface area contributed by atoms with Gasteiger partial charge in [0.15, 0.2) is 0 Å². The quantitative estimate of drug-likeness (QED) is 0.778. The topological polar surface area (TPSA) is 36.4 Å². The van der Waals surface area contributed by atoms with Gasteiger partial charge in [-0.3, -0.25) is 4.79 Å². The third kappa shape index (κ3) is 2.07. The summed E-state index contributed by atoms with van der Waals surface area (Å²) in [6.07, 6.45) is 4.96. The van der Waals surface area contributed by atoms with Gasteiger partial charge in [0.05, 0.1) is 11.9 Å². The molecule has 1 aromatic heterocycles. The monoisotopic (exact) mass is 263 g/mol. The second kappa shape index (κ2) is 4.80. The van der Waals surface area contributed by atoms with E-state index in [1.54, 1.807) is 16.7 Å². The number of amides is 1. The molecule has 96 valence electrons. The van der Waals surface area contributed by atoms with Gasteiger partial charge in [-0.05, 0) is 18.9 Å². The van der Waals surface area contributed by atoms with E-state index in [0.717, 1.165) is 30.3 Å². The minimum Gasteiger partial charge on any atom is -0.357 e. The fraction of sp³-hybridized carbons (Fsp3) is 0.538. The number of hydrogen-bond donors (Lipinski definition) is 0. The molecule has 0 atom stereocenters. The Morgan fingerprint density at radius 1 is 1.33 bits per heavy atom. The number of anilines is 2. The zero-order chi connectivity index (χ0) is 12.5. The molecule has 0 saturated carbocycles. The van der Waals surface area contributed by atoms with Gasteiger partial charge in [0.25, 0.3) is 0 Å². The normalized spacial score (nSPS) is 19.9. The van der Waals surface area contributed by atoms with Crippen LogP contribution >= 0.6 is 11.8 Å². The van der Waals surface area contributed by atoms with Crippen molar-refractivity contribution < 1.29 is 4.79 Å². The Kier molecular flexibility index (Phi) is 3.16. The smallest absolute Gasteiger partial charge is 0.227 e. The molecule has 0 unspecified atom stereocenters. The predicted molar refractivity (Wildman–Crippen MR) is 74.4 cm³/mol. The van der Waals surface area contributed by atoms with Crippen LogP contribution in [0.25, 0.3) is 0 Å². The number of pyridine rings is 1. The number of nitrogens with zero attached hydrogens (tertiary/aromatic N) is 3. The first-order chi connectivity index (χ1) is 8.75. The Morgan fingerprint density at radius 3 is 2.89 bits per heavy atom. The zero-order valence-electron chi connectivity index (χ0n) is 10.6. The van der Waals surface area contributed by atoms with Crippen molar-refractivity contribution in [3.05, 3.63) is 12.3 Å². The zero-order valence-corrected chi connectivity index (χ0v) is 11.4. The van der Waals surface area contributed by atoms with Crippen molar-refractivity contribution >= 4 is 29.2 Å². The van der Waals surface area contributed by atoms with Gasteiger partial charge in [-0.2, -0.15) is 0 Å². The maximum atomic E-state index is 11.8. The molecule has 0 radical (unpaired) electrons. The van der Waals surface area contributed by atoms with E-state index in [4.69, 9.17) is 0 Å². The molecule has 2 aliphatic rings. The molecule has 0 N–H and O–H groups in total. The van der Waals surface area contributed by atoms with E-state index in [1.165, 1.54) is 17.7 Å². The van der Waals surface area contributed by atoms with E-state index in [9.17, 15) is 4.79 Å². The molecular weight excluding hydrogens is 246 g/mol. The molecule has 0 spiro atoms. The van der Waals surface area contributed by atoms with Crippen LogP contribution in [0.4, 0.5) is 11.5 Å². The van der Waals surface area contributed by atoms with Crippen LogP contribution in [0.1, 0.15) is 19.3 Å². The van der Waals surface area contributed by atoms with Crippen molar-refractivity contribution in [2.45, 2.75) is 24.2 Å². The number of rotatable bonds is 1. The summed E-state index contributed by atoms with van der Waals surface area (Å²) >= 11 is 1.76. The first kappa shape index (κ1) is 11.8. The van der Waals surface area contributed by atoms with Gasteiger partial charge in [-0.1, -0.05) is 0 Å². The molecule has 3 heterocycles. The lowest BCUT2D eigenvalue weighted by molar-refractivity contribution is -0.117. The van der Waals surface area contributed by atoms with Gasteiger partial charge in [0.2, 0.25) is 5.91 Å². The van der Waals surface area contributed by atoms with Crippen LogP contribution < -0.4 is 9.80 Å². The van der Waals surface area contributed by atoms with Gasteiger partial charge in [0.1, 0.15) is 5.82 Å². The van der Waals surface area contributed by atoms with Gasteiger partial charge in [-0.15, -0.1) is 11.8 Å². The van der Waals surface area contributed by atoms with E-state index >= 15 is 0 Å². The van der Waals surface area contributed by atoms with Crippen molar-refractivity contribution in [2.75, 3.05) is 35.7 Å². The van der Waals surface area contributed by atoms with Crippen LogP contribution in [0.2, 0.25) is 0 Å². The van der Waals surface area contributed by atoms with Crippen molar-refractivity contribution in [1.82, 2.24) is 4.98 Å². The summed E-state index contributed by atoms with van der Waals surface area (Å²) in [7, 11) is 1.84. The number of aromatic nitrogens is 1. The highest BCUT2D eigenvalue weighted by atomic mass is 32.2. The SMILES string of the molecule is CN1C(=O)CCSc2cc(N3CCCC3)ncc21. The van der Waals surface area contributed by atoms with E-state index < -0.39 is 0 Å². The third-order valence-electron chi connectivity index (χ3n) is 3.57. The second-order valence-corrected chi connectivity index (χ2v) is 5.89. The van der Waals surface area contributed by atoms with Crippen LogP contribution in [0, 0.1) is 0 Å². The molecule has 0 bridgehead atoms. The fourth-order valence-electron chi connectivity index (χ4n) is 2.46. The summed E-state index contributed by atoms with van der Waals surface area (Å²) < 4.78 is 0. The molecule has 3 rings (SSSR count). The van der Waals surface area contributed by atoms with Crippen molar-refractivity contribution in [3.63, 3.8) is 0 Å².